The lowest BCUT2D eigenvalue weighted by Gasteiger charge is -2.36. The SMILES string of the molecule is O=C(Nc1ccc(CC(=O)N2CCC(CN3CCOCC3)CC2)cc1)c1ccc(Br)o1. The number of ether oxygens (including phenoxy) is 1. The van der Waals surface area contributed by atoms with Crippen molar-refractivity contribution in [3.63, 3.8) is 0 Å². The van der Waals surface area contributed by atoms with Crippen molar-refractivity contribution in [3.05, 3.63) is 52.4 Å². The van der Waals surface area contributed by atoms with Gasteiger partial charge in [-0.25, -0.2) is 0 Å². The Morgan fingerprint density at radius 3 is 2.35 bits per heavy atom. The van der Waals surface area contributed by atoms with E-state index < -0.39 is 0 Å². The molecule has 8 heteroatoms. The number of hydrogen-bond acceptors (Lipinski definition) is 5. The van der Waals surface area contributed by atoms with Gasteiger partial charge in [0.2, 0.25) is 5.91 Å². The molecule has 2 fully saturated rings. The molecule has 2 aliphatic rings. The molecule has 0 unspecified atom stereocenters. The largest absolute Gasteiger partial charge is 0.444 e. The number of nitrogens with zero attached hydrogens (tertiary/aromatic N) is 2. The van der Waals surface area contributed by atoms with E-state index in [4.69, 9.17) is 9.15 Å². The maximum absolute atomic E-state index is 12.7. The molecule has 0 aliphatic carbocycles. The van der Waals surface area contributed by atoms with E-state index in [2.05, 4.69) is 26.1 Å². The van der Waals surface area contributed by atoms with Gasteiger partial charge in [-0.2, -0.15) is 0 Å². The fourth-order valence-corrected chi connectivity index (χ4v) is 4.44. The first kappa shape index (κ1) is 22.0. The second kappa shape index (κ2) is 10.4. The van der Waals surface area contributed by atoms with E-state index in [1.165, 1.54) is 0 Å². The predicted molar refractivity (Wildman–Crippen MR) is 121 cm³/mol. The molecule has 166 valence electrons. The van der Waals surface area contributed by atoms with Crippen molar-refractivity contribution in [1.82, 2.24) is 9.80 Å². The van der Waals surface area contributed by atoms with E-state index in [9.17, 15) is 9.59 Å². The number of nitrogens with one attached hydrogen (secondary N) is 1. The first-order valence-corrected chi connectivity index (χ1v) is 11.6. The Hall–Kier alpha value is -2.16. The summed E-state index contributed by atoms with van der Waals surface area (Å²) >= 11 is 3.19. The molecule has 0 atom stereocenters. The van der Waals surface area contributed by atoms with Crippen molar-refractivity contribution in [3.8, 4) is 0 Å². The quantitative estimate of drug-likeness (QED) is 0.672. The number of piperidine rings is 1. The molecule has 1 aromatic carbocycles. The zero-order chi connectivity index (χ0) is 21.6. The molecule has 4 rings (SSSR count). The molecule has 1 aromatic heterocycles. The molecule has 3 heterocycles. The molecule has 2 aliphatic heterocycles. The minimum atomic E-state index is -0.311. The van der Waals surface area contributed by atoms with Gasteiger partial charge in [-0.05, 0) is 64.5 Å². The summed E-state index contributed by atoms with van der Waals surface area (Å²) in [5, 5.41) is 2.79. The van der Waals surface area contributed by atoms with Crippen LogP contribution >= 0.6 is 15.9 Å². The topological polar surface area (TPSA) is 75.0 Å². The summed E-state index contributed by atoms with van der Waals surface area (Å²) in [6, 6.07) is 10.7. The number of carbonyl (C=O) groups is 2. The van der Waals surface area contributed by atoms with Gasteiger partial charge in [0.05, 0.1) is 19.6 Å². The number of amides is 2. The molecule has 0 radical (unpaired) electrons. The summed E-state index contributed by atoms with van der Waals surface area (Å²) in [5.41, 5.74) is 1.61. The molecule has 1 N–H and O–H groups in total. The smallest absolute Gasteiger partial charge is 0.291 e. The van der Waals surface area contributed by atoms with Crippen molar-refractivity contribution in [1.29, 1.82) is 0 Å². The van der Waals surface area contributed by atoms with Gasteiger partial charge in [-0.1, -0.05) is 12.1 Å². The van der Waals surface area contributed by atoms with Crippen LogP contribution in [0, 0.1) is 5.92 Å². The van der Waals surface area contributed by atoms with E-state index >= 15 is 0 Å². The monoisotopic (exact) mass is 489 g/mol. The molecular formula is C23H28BrN3O4. The van der Waals surface area contributed by atoms with Gasteiger partial charge in [0.1, 0.15) is 0 Å². The highest BCUT2D eigenvalue weighted by molar-refractivity contribution is 9.10. The molecule has 0 bridgehead atoms. The van der Waals surface area contributed by atoms with Gasteiger partial charge in [0.25, 0.3) is 5.91 Å². The summed E-state index contributed by atoms with van der Waals surface area (Å²) in [6.45, 7) is 6.50. The van der Waals surface area contributed by atoms with Crippen molar-refractivity contribution in [2.45, 2.75) is 19.3 Å². The second-order valence-electron chi connectivity index (χ2n) is 8.17. The predicted octanol–water partition coefficient (Wildman–Crippen LogP) is 3.41. The van der Waals surface area contributed by atoms with Crippen molar-refractivity contribution >= 4 is 33.4 Å². The minimum absolute atomic E-state index is 0.169. The Labute approximate surface area is 190 Å². The summed E-state index contributed by atoms with van der Waals surface area (Å²) < 4.78 is 11.2. The van der Waals surface area contributed by atoms with Crippen LogP contribution in [0.25, 0.3) is 0 Å². The summed E-state index contributed by atoms with van der Waals surface area (Å²) in [7, 11) is 0. The van der Waals surface area contributed by atoms with Gasteiger partial charge in [0, 0.05) is 38.4 Å². The van der Waals surface area contributed by atoms with Crippen LogP contribution in [0.4, 0.5) is 5.69 Å². The average molecular weight is 490 g/mol. The Kier molecular flexibility index (Phi) is 7.42. The lowest BCUT2D eigenvalue weighted by molar-refractivity contribution is -0.132. The first-order valence-electron chi connectivity index (χ1n) is 10.8. The standard InChI is InChI=1S/C23H28BrN3O4/c24-21-6-5-20(31-21)23(29)25-19-3-1-17(2-4-19)15-22(28)27-9-7-18(8-10-27)16-26-11-13-30-14-12-26/h1-6,18H,7-16H2,(H,25,29). The summed E-state index contributed by atoms with van der Waals surface area (Å²) in [4.78, 5) is 29.3. The Balaban J connectivity index is 1.22. The van der Waals surface area contributed by atoms with E-state index in [-0.39, 0.29) is 17.6 Å². The third-order valence-electron chi connectivity index (χ3n) is 5.95. The van der Waals surface area contributed by atoms with E-state index in [1.807, 2.05) is 29.2 Å². The molecule has 31 heavy (non-hydrogen) atoms. The highest BCUT2D eigenvalue weighted by Crippen LogP contribution is 2.21. The zero-order valence-electron chi connectivity index (χ0n) is 17.5. The number of rotatable bonds is 6. The van der Waals surface area contributed by atoms with Gasteiger partial charge < -0.3 is 19.4 Å². The normalized spacial score (nSPS) is 18.2. The Bertz CT molecular complexity index is 884. The van der Waals surface area contributed by atoms with Crippen LogP contribution in [-0.2, 0) is 16.0 Å². The first-order chi connectivity index (χ1) is 15.1. The molecule has 2 aromatic rings. The molecular weight excluding hydrogens is 462 g/mol. The van der Waals surface area contributed by atoms with Gasteiger partial charge >= 0.3 is 0 Å². The molecule has 0 spiro atoms. The van der Waals surface area contributed by atoms with Crippen LogP contribution < -0.4 is 5.32 Å². The number of morpholine rings is 1. The number of likely N-dealkylation sites (tertiary alicyclic amines) is 1. The number of anilines is 1. The summed E-state index contributed by atoms with van der Waals surface area (Å²) in [5.74, 6) is 0.763. The number of benzene rings is 1. The van der Waals surface area contributed by atoms with Gasteiger partial charge in [-0.15, -0.1) is 0 Å². The molecule has 2 amide bonds. The number of carbonyl (C=O) groups excluding carboxylic acids is 2. The fourth-order valence-electron chi connectivity index (χ4n) is 4.14. The maximum atomic E-state index is 12.7. The molecule has 7 nitrogen and oxygen atoms in total. The third kappa shape index (κ3) is 6.18. The van der Waals surface area contributed by atoms with Crippen molar-refractivity contribution in [2.24, 2.45) is 5.92 Å². The van der Waals surface area contributed by atoms with Crippen LogP contribution in [0.3, 0.4) is 0 Å². The number of hydrogen-bond donors (Lipinski definition) is 1. The van der Waals surface area contributed by atoms with Gasteiger partial charge in [0.15, 0.2) is 10.4 Å². The molecule has 0 saturated carbocycles. The van der Waals surface area contributed by atoms with Crippen LogP contribution in [0.5, 0.6) is 0 Å². The highest BCUT2D eigenvalue weighted by Gasteiger charge is 2.25. The fraction of sp³-hybridized carbons (Fsp3) is 0.478. The Morgan fingerprint density at radius 1 is 1.00 bits per heavy atom. The second-order valence-corrected chi connectivity index (χ2v) is 8.95. The Morgan fingerprint density at radius 2 is 1.71 bits per heavy atom. The lowest BCUT2D eigenvalue weighted by Crippen LogP contribution is -2.44. The van der Waals surface area contributed by atoms with Crippen LogP contribution in [0.15, 0.2) is 45.5 Å². The van der Waals surface area contributed by atoms with Crippen molar-refractivity contribution in [2.75, 3.05) is 51.3 Å². The van der Waals surface area contributed by atoms with Crippen LogP contribution in [0.2, 0.25) is 0 Å². The van der Waals surface area contributed by atoms with Crippen LogP contribution in [0.1, 0.15) is 29.0 Å². The minimum Gasteiger partial charge on any atom is -0.444 e. The lowest BCUT2D eigenvalue weighted by atomic mass is 9.95. The van der Waals surface area contributed by atoms with E-state index in [0.717, 1.165) is 64.3 Å². The maximum Gasteiger partial charge on any atom is 0.291 e. The van der Waals surface area contributed by atoms with Gasteiger partial charge in [-0.3, -0.25) is 14.5 Å². The van der Waals surface area contributed by atoms with Crippen molar-refractivity contribution < 1.29 is 18.7 Å². The van der Waals surface area contributed by atoms with Crippen LogP contribution in [-0.4, -0.2) is 67.6 Å². The van der Waals surface area contributed by atoms with E-state index in [0.29, 0.717) is 22.7 Å². The third-order valence-corrected chi connectivity index (χ3v) is 6.38. The highest BCUT2D eigenvalue weighted by atomic mass is 79.9. The number of furan rings is 1. The number of halogens is 1. The average Bonchev–Trinajstić information content (AvgIpc) is 3.23. The molecule has 2 saturated heterocycles. The van der Waals surface area contributed by atoms with E-state index in [1.54, 1.807) is 12.1 Å². The summed E-state index contributed by atoms with van der Waals surface area (Å²) in [6.07, 6.45) is 2.52. The zero-order valence-corrected chi connectivity index (χ0v) is 19.1.